The minimum absolute atomic E-state index is 0.0264. The quantitative estimate of drug-likeness (QED) is 0.864. The maximum Gasteiger partial charge on any atom is 0.241 e. The first-order valence-corrected chi connectivity index (χ1v) is 8.93. The van der Waals surface area contributed by atoms with Crippen molar-refractivity contribution in [2.24, 2.45) is 0 Å². The number of carbonyl (C=O) groups is 1. The van der Waals surface area contributed by atoms with Gasteiger partial charge in [-0.2, -0.15) is 0 Å². The van der Waals surface area contributed by atoms with E-state index in [-0.39, 0.29) is 18.7 Å². The van der Waals surface area contributed by atoms with Gasteiger partial charge in [0.1, 0.15) is 12.4 Å². The fourth-order valence-corrected chi connectivity index (χ4v) is 3.18. The Hall–Kier alpha value is -2.73. The molecule has 2 aliphatic heterocycles. The number of benzene rings is 2. The van der Waals surface area contributed by atoms with Crippen molar-refractivity contribution >= 4 is 11.6 Å². The number of piperidine rings is 1. The van der Waals surface area contributed by atoms with Crippen molar-refractivity contribution in [1.82, 2.24) is 5.32 Å². The van der Waals surface area contributed by atoms with Crippen molar-refractivity contribution in [3.05, 3.63) is 48.0 Å². The largest absolute Gasteiger partial charge is 0.489 e. The molecule has 6 nitrogen and oxygen atoms in total. The van der Waals surface area contributed by atoms with Gasteiger partial charge in [-0.3, -0.25) is 4.79 Å². The van der Waals surface area contributed by atoms with Gasteiger partial charge in [0.25, 0.3) is 0 Å². The standard InChI is InChI=1S/C20H22N2O4/c23-20(17-6-1-2-9-21-17)22-15-5-3-4-14(10-15)12-24-16-7-8-18-19(11-16)26-13-25-18/h3-5,7-8,10-11,17,21H,1-2,6,9,12-13H2,(H,22,23). The Morgan fingerprint density at radius 1 is 1.15 bits per heavy atom. The second kappa shape index (κ2) is 7.66. The van der Waals surface area contributed by atoms with Crippen LogP contribution < -0.4 is 24.8 Å². The molecule has 4 rings (SSSR count). The van der Waals surface area contributed by atoms with Gasteiger partial charge in [-0.25, -0.2) is 0 Å². The first-order valence-electron chi connectivity index (χ1n) is 8.93. The molecule has 0 saturated carbocycles. The number of anilines is 1. The summed E-state index contributed by atoms with van der Waals surface area (Å²) in [6, 6.07) is 13.1. The molecule has 2 heterocycles. The molecular weight excluding hydrogens is 332 g/mol. The van der Waals surface area contributed by atoms with Crippen LogP contribution in [0.25, 0.3) is 0 Å². The Kier molecular flexibility index (Phi) is 4.93. The molecule has 136 valence electrons. The number of nitrogens with one attached hydrogen (secondary N) is 2. The summed E-state index contributed by atoms with van der Waals surface area (Å²) in [5, 5.41) is 6.25. The van der Waals surface area contributed by atoms with Crippen LogP contribution in [-0.4, -0.2) is 25.3 Å². The van der Waals surface area contributed by atoms with Gasteiger partial charge in [-0.15, -0.1) is 0 Å². The third kappa shape index (κ3) is 3.91. The molecule has 0 bridgehead atoms. The summed E-state index contributed by atoms with van der Waals surface area (Å²) in [5.41, 5.74) is 1.77. The molecule has 1 fully saturated rings. The molecule has 0 aromatic heterocycles. The van der Waals surface area contributed by atoms with E-state index in [0.717, 1.165) is 48.6 Å². The van der Waals surface area contributed by atoms with Crippen molar-refractivity contribution in [2.45, 2.75) is 31.9 Å². The minimum Gasteiger partial charge on any atom is -0.489 e. The highest BCUT2D eigenvalue weighted by molar-refractivity contribution is 5.94. The van der Waals surface area contributed by atoms with E-state index in [1.165, 1.54) is 0 Å². The normalized spacial score (nSPS) is 18.4. The first kappa shape index (κ1) is 16.7. The molecule has 1 amide bonds. The summed E-state index contributed by atoms with van der Waals surface area (Å²) in [5.74, 6) is 2.18. The van der Waals surface area contributed by atoms with E-state index in [4.69, 9.17) is 14.2 Å². The van der Waals surface area contributed by atoms with E-state index in [1.807, 2.05) is 42.5 Å². The molecule has 2 N–H and O–H groups in total. The molecule has 2 aromatic rings. The number of hydrogen-bond donors (Lipinski definition) is 2. The molecule has 6 heteroatoms. The average Bonchev–Trinajstić information content (AvgIpc) is 3.15. The van der Waals surface area contributed by atoms with Crippen molar-refractivity contribution < 1.29 is 19.0 Å². The summed E-state index contributed by atoms with van der Waals surface area (Å²) in [4.78, 5) is 12.3. The zero-order valence-corrected chi connectivity index (χ0v) is 14.5. The van der Waals surface area contributed by atoms with Gasteiger partial charge < -0.3 is 24.8 Å². The van der Waals surface area contributed by atoms with Crippen LogP contribution in [0, 0.1) is 0 Å². The highest BCUT2D eigenvalue weighted by Gasteiger charge is 2.20. The van der Waals surface area contributed by atoms with Crippen molar-refractivity contribution in [3.63, 3.8) is 0 Å². The lowest BCUT2D eigenvalue weighted by atomic mass is 10.0. The fraction of sp³-hybridized carbons (Fsp3) is 0.350. The summed E-state index contributed by atoms with van der Waals surface area (Å²) < 4.78 is 16.5. The fourth-order valence-electron chi connectivity index (χ4n) is 3.18. The zero-order valence-electron chi connectivity index (χ0n) is 14.5. The SMILES string of the molecule is O=C(Nc1cccc(COc2ccc3c(c2)OCO3)c1)C1CCCCN1. The summed E-state index contributed by atoms with van der Waals surface area (Å²) in [6.07, 6.45) is 3.11. The molecule has 0 spiro atoms. The van der Waals surface area contributed by atoms with Crippen molar-refractivity contribution in [2.75, 3.05) is 18.7 Å². The van der Waals surface area contributed by atoms with Crippen LogP contribution in [0.5, 0.6) is 17.2 Å². The lowest BCUT2D eigenvalue weighted by Gasteiger charge is -2.22. The summed E-state index contributed by atoms with van der Waals surface area (Å²) >= 11 is 0. The van der Waals surface area contributed by atoms with Crippen LogP contribution in [0.15, 0.2) is 42.5 Å². The lowest BCUT2D eigenvalue weighted by molar-refractivity contribution is -0.118. The maximum atomic E-state index is 12.3. The smallest absolute Gasteiger partial charge is 0.241 e. The van der Waals surface area contributed by atoms with Gasteiger partial charge in [-0.05, 0) is 49.2 Å². The molecule has 1 atom stereocenters. The molecular formula is C20H22N2O4. The highest BCUT2D eigenvalue weighted by atomic mass is 16.7. The third-order valence-corrected chi connectivity index (χ3v) is 4.57. The van der Waals surface area contributed by atoms with Crippen LogP contribution in [0.1, 0.15) is 24.8 Å². The van der Waals surface area contributed by atoms with E-state index < -0.39 is 0 Å². The number of hydrogen-bond acceptors (Lipinski definition) is 5. The molecule has 2 aromatic carbocycles. The second-order valence-electron chi connectivity index (χ2n) is 6.50. The van der Waals surface area contributed by atoms with Gasteiger partial charge in [0.05, 0.1) is 6.04 Å². The number of fused-ring (bicyclic) bond motifs is 1. The minimum atomic E-state index is -0.0997. The van der Waals surface area contributed by atoms with Crippen LogP contribution in [0.3, 0.4) is 0 Å². The van der Waals surface area contributed by atoms with Gasteiger partial charge in [0.15, 0.2) is 11.5 Å². The second-order valence-corrected chi connectivity index (χ2v) is 6.50. The zero-order chi connectivity index (χ0) is 17.8. The van der Waals surface area contributed by atoms with E-state index in [1.54, 1.807) is 0 Å². The van der Waals surface area contributed by atoms with E-state index >= 15 is 0 Å². The maximum absolute atomic E-state index is 12.3. The van der Waals surface area contributed by atoms with E-state index in [2.05, 4.69) is 10.6 Å². The lowest BCUT2D eigenvalue weighted by Crippen LogP contribution is -2.43. The molecule has 1 saturated heterocycles. The predicted octanol–water partition coefficient (Wildman–Crippen LogP) is 3.07. The van der Waals surface area contributed by atoms with Gasteiger partial charge in [0.2, 0.25) is 12.7 Å². The monoisotopic (exact) mass is 354 g/mol. The summed E-state index contributed by atoms with van der Waals surface area (Å²) in [6.45, 7) is 1.56. The van der Waals surface area contributed by atoms with Crippen LogP contribution in [-0.2, 0) is 11.4 Å². The van der Waals surface area contributed by atoms with Crippen LogP contribution in [0.2, 0.25) is 0 Å². The van der Waals surface area contributed by atoms with Gasteiger partial charge in [-0.1, -0.05) is 18.6 Å². The van der Waals surface area contributed by atoms with Crippen molar-refractivity contribution in [1.29, 1.82) is 0 Å². The first-order chi connectivity index (χ1) is 12.8. The third-order valence-electron chi connectivity index (χ3n) is 4.57. The Bertz CT molecular complexity index is 787. The number of carbonyl (C=O) groups excluding carboxylic acids is 1. The molecule has 0 radical (unpaired) electrons. The molecule has 2 aliphatic rings. The molecule has 1 unspecified atom stereocenters. The van der Waals surface area contributed by atoms with Gasteiger partial charge in [0, 0.05) is 11.8 Å². The highest BCUT2D eigenvalue weighted by Crippen LogP contribution is 2.35. The van der Waals surface area contributed by atoms with Crippen LogP contribution in [0.4, 0.5) is 5.69 Å². The van der Waals surface area contributed by atoms with Crippen molar-refractivity contribution in [3.8, 4) is 17.2 Å². The Balaban J connectivity index is 1.35. The van der Waals surface area contributed by atoms with Gasteiger partial charge >= 0.3 is 0 Å². The average molecular weight is 354 g/mol. The number of ether oxygens (including phenoxy) is 3. The summed E-state index contributed by atoms with van der Waals surface area (Å²) in [7, 11) is 0. The Morgan fingerprint density at radius 3 is 2.96 bits per heavy atom. The van der Waals surface area contributed by atoms with E-state index in [9.17, 15) is 4.79 Å². The number of amides is 1. The molecule has 26 heavy (non-hydrogen) atoms. The predicted molar refractivity (Wildman–Crippen MR) is 97.6 cm³/mol. The van der Waals surface area contributed by atoms with E-state index in [0.29, 0.717) is 12.4 Å². The topological polar surface area (TPSA) is 68.8 Å². The van der Waals surface area contributed by atoms with Crippen LogP contribution >= 0.6 is 0 Å². The number of rotatable bonds is 5. The Morgan fingerprint density at radius 2 is 2.08 bits per heavy atom. The Labute approximate surface area is 152 Å². The molecule has 0 aliphatic carbocycles.